The first-order chi connectivity index (χ1) is 25.9. The van der Waals surface area contributed by atoms with Crippen LogP contribution in [0.4, 0.5) is 18.0 Å². The number of alkyl carbamates (subject to hydrolysis) is 1. The molecular weight excluding hydrogens is 709 g/mol. The maximum absolute atomic E-state index is 15.1. The average molecular weight is 755 g/mol. The lowest BCUT2D eigenvalue weighted by molar-refractivity contribution is -0.141. The van der Waals surface area contributed by atoms with Crippen LogP contribution < -0.4 is 10.6 Å². The van der Waals surface area contributed by atoms with Gasteiger partial charge in [-0.1, -0.05) is 44.2 Å². The molecule has 2 aromatic carbocycles. The number of hydrogen-bond donors (Lipinski definition) is 3. The maximum atomic E-state index is 15.1. The molecule has 4 amide bonds. The van der Waals surface area contributed by atoms with Crippen LogP contribution in [0.5, 0.6) is 0 Å². The zero-order chi connectivity index (χ0) is 38.8. The van der Waals surface area contributed by atoms with Crippen LogP contribution in [0, 0.1) is 23.0 Å². The predicted molar refractivity (Wildman–Crippen MR) is 190 cm³/mol. The molecule has 1 fully saturated rings. The number of nitrogens with one attached hydrogen (secondary N) is 2. The van der Waals surface area contributed by atoms with E-state index >= 15 is 8.78 Å². The Kier molecular flexibility index (Phi) is 13.6. The number of rotatable bonds is 18. The molecule has 0 saturated carbocycles. The molecule has 0 radical (unpaired) electrons. The summed E-state index contributed by atoms with van der Waals surface area (Å²) in [6.45, 7) is 3.52. The number of ether oxygens (including phenoxy) is 2. The summed E-state index contributed by atoms with van der Waals surface area (Å²) in [5.74, 6) is -3.22. The molecule has 3 aromatic rings. The van der Waals surface area contributed by atoms with E-state index in [-0.39, 0.29) is 76.0 Å². The van der Waals surface area contributed by atoms with Gasteiger partial charge < -0.3 is 34.7 Å². The molecule has 3 heterocycles. The van der Waals surface area contributed by atoms with Crippen molar-refractivity contribution in [3.63, 3.8) is 0 Å². The van der Waals surface area contributed by atoms with Crippen LogP contribution in [0.1, 0.15) is 37.7 Å². The predicted octanol–water partition coefficient (Wildman–Crippen LogP) is 3.38. The molecule has 5 rings (SSSR count). The largest absolute Gasteiger partial charge is 0.450 e. The summed E-state index contributed by atoms with van der Waals surface area (Å²) in [7, 11) is 0. The minimum Gasteiger partial charge on any atom is -0.450 e. The zero-order valence-electron chi connectivity index (χ0n) is 30.2. The SMILES string of the molecule is CC(C)(CCOC(=O)NCCOCCN1C(=O)C=CC1=O)C(c1nc(-c2cc(F)ccc2F)cn1Cc1ccccc1)N(CC1CNCC1F)C(=O)CO. The van der Waals surface area contributed by atoms with Crippen molar-refractivity contribution in [2.45, 2.75) is 39.0 Å². The number of halogens is 3. The van der Waals surface area contributed by atoms with E-state index in [1.807, 2.05) is 44.2 Å². The molecule has 290 valence electrons. The van der Waals surface area contributed by atoms with Gasteiger partial charge in [0.2, 0.25) is 5.91 Å². The summed E-state index contributed by atoms with van der Waals surface area (Å²) in [5, 5.41) is 15.8. The first kappa shape index (κ1) is 40.1. The molecule has 16 heteroatoms. The minimum atomic E-state index is -1.26. The van der Waals surface area contributed by atoms with Gasteiger partial charge in [-0.3, -0.25) is 19.3 Å². The van der Waals surface area contributed by atoms with Crippen LogP contribution in [0.3, 0.4) is 0 Å². The summed E-state index contributed by atoms with van der Waals surface area (Å²) >= 11 is 0. The van der Waals surface area contributed by atoms with Gasteiger partial charge in [0, 0.05) is 62.6 Å². The normalized spacial score (nSPS) is 17.6. The molecule has 2 aliphatic rings. The van der Waals surface area contributed by atoms with Gasteiger partial charge >= 0.3 is 6.09 Å². The molecule has 13 nitrogen and oxygen atoms in total. The molecule has 0 bridgehead atoms. The second kappa shape index (κ2) is 18.3. The Labute approximate surface area is 311 Å². The fraction of sp³-hybridized carbons (Fsp3) is 0.447. The number of aliphatic hydroxyl groups is 1. The smallest absolute Gasteiger partial charge is 0.407 e. The van der Waals surface area contributed by atoms with Gasteiger partial charge in [0.05, 0.1) is 38.1 Å². The summed E-state index contributed by atoms with van der Waals surface area (Å²) in [6, 6.07) is 11.4. The van der Waals surface area contributed by atoms with Gasteiger partial charge in [-0.25, -0.2) is 22.9 Å². The second-order valence-corrected chi connectivity index (χ2v) is 13.8. The number of nitrogens with zero attached hydrogens (tertiary/aromatic N) is 4. The van der Waals surface area contributed by atoms with Gasteiger partial charge in [0.1, 0.15) is 30.2 Å². The topological polar surface area (TPSA) is 155 Å². The molecule has 1 aromatic heterocycles. The highest BCUT2D eigenvalue weighted by atomic mass is 19.1. The number of amides is 4. The molecule has 2 aliphatic heterocycles. The van der Waals surface area contributed by atoms with E-state index in [0.717, 1.165) is 28.7 Å². The lowest BCUT2D eigenvalue weighted by atomic mass is 9.79. The van der Waals surface area contributed by atoms with Gasteiger partial charge in [0.15, 0.2) is 0 Å². The fourth-order valence-corrected chi connectivity index (χ4v) is 6.59. The van der Waals surface area contributed by atoms with E-state index in [4.69, 9.17) is 14.5 Å². The number of carbonyl (C=O) groups excluding carboxylic acids is 4. The van der Waals surface area contributed by atoms with Gasteiger partial charge in [-0.2, -0.15) is 0 Å². The highest BCUT2D eigenvalue weighted by molar-refractivity contribution is 6.12. The quantitative estimate of drug-likeness (QED) is 0.131. The molecule has 1 saturated heterocycles. The van der Waals surface area contributed by atoms with Gasteiger partial charge in [-0.15, -0.1) is 0 Å². The van der Waals surface area contributed by atoms with Crippen LogP contribution in [0.15, 0.2) is 66.9 Å². The van der Waals surface area contributed by atoms with Gasteiger partial charge in [-0.05, 0) is 35.6 Å². The monoisotopic (exact) mass is 754 g/mol. The third kappa shape index (κ3) is 10.1. The van der Waals surface area contributed by atoms with E-state index in [9.17, 15) is 28.7 Å². The van der Waals surface area contributed by atoms with Crippen molar-refractivity contribution in [3.05, 3.63) is 89.9 Å². The number of aliphatic hydroxyl groups excluding tert-OH is 1. The number of carbonyl (C=O) groups is 4. The molecular formula is C38H45F3N6O7. The van der Waals surface area contributed by atoms with Crippen molar-refractivity contribution in [2.75, 3.05) is 59.2 Å². The van der Waals surface area contributed by atoms with E-state index in [1.54, 1.807) is 10.8 Å². The van der Waals surface area contributed by atoms with Crippen molar-refractivity contribution in [1.82, 2.24) is 30.0 Å². The first-order valence-corrected chi connectivity index (χ1v) is 17.7. The Morgan fingerprint density at radius 1 is 1.07 bits per heavy atom. The number of imidazole rings is 1. The van der Waals surface area contributed by atoms with Crippen molar-refractivity contribution in [3.8, 4) is 11.3 Å². The second-order valence-electron chi connectivity index (χ2n) is 13.8. The molecule has 0 spiro atoms. The average Bonchev–Trinajstić information content (AvgIpc) is 3.84. The zero-order valence-corrected chi connectivity index (χ0v) is 30.2. The van der Waals surface area contributed by atoms with Crippen molar-refractivity contribution < 1.29 is 46.9 Å². The maximum Gasteiger partial charge on any atom is 0.407 e. The standard InChI is InChI=1S/C38H45F3N6O7/c1-38(2,12-15-54-37(52)43-13-16-53-17-14-46-32(49)10-11-33(46)50)35(47(34(51)24-48)22-26-19-42-20-30(26)41)36-44-31(28-18-27(39)8-9-29(28)40)23-45(36)21-25-6-4-3-5-7-25/h3-11,18,23,26,30,35,42,48H,12-17,19-22,24H2,1-2H3,(H,43,52). The highest BCUT2D eigenvalue weighted by Gasteiger charge is 2.43. The highest BCUT2D eigenvalue weighted by Crippen LogP contribution is 2.43. The minimum absolute atomic E-state index is 0.0761. The molecule has 3 N–H and O–H groups in total. The summed E-state index contributed by atoms with van der Waals surface area (Å²) in [5.41, 5.74) is -0.110. The number of hydrogen-bond acceptors (Lipinski definition) is 9. The van der Waals surface area contributed by atoms with Crippen molar-refractivity contribution in [2.24, 2.45) is 11.3 Å². The Morgan fingerprint density at radius 3 is 2.50 bits per heavy atom. The molecule has 3 unspecified atom stereocenters. The van der Waals surface area contributed by atoms with Crippen LogP contribution in [-0.4, -0.2) is 114 Å². The third-order valence-electron chi connectivity index (χ3n) is 9.50. The van der Waals surface area contributed by atoms with Crippen LogP contribution >= 0.6 is 0 Å². The lowest BCUT2D eigenvalue weighted by Crippen LogP contribution is -2.48. The fourth-order valence-electron chi connectivity index (χ4n) is 6.59. The Bertz CT molecular complexity index is 1800. The van der Waals surface area contributed by atoms with Crippen LogP contribution in [0.2, 0.25) is 0 Å². The Hall–Kier alpha value is -5.06. The van der Waals surface area contributed by atoms with E-state index in [1.165, 1.54) is 17.1 Å². The van der Waals surface area contributed by atoms with E-state index in [0.29, 0.717) is 6.54 Å². The summed E-state index contributed by atoms with van der Waals surface area (Å²) in [6.07, 6.45) is 2.09. The van der Waals surface area contributed by atoms with Gasteiger partial charge in [0.25, 0.3) is 11.8 Å². The van der Waals surface area contributed by atoms with Crippen molar-refractivity contribution >= 4 is 23.8 Å². The lowest BCUT2D eigenvalue weighted by Gasteiger charge is -2.43. The van der Waals surface area contributed by atoms with E-state index < -0.39 is 65.6 Å². The third-order valence-corrected chi connectivity index (χ3v) is 9.50. The molecule has 0 aliphatic carbocycles. The Morgan fingerprint density at radius 2 is 1.81 bits per heavy atom. The first-order valence-electron chi connectivity index (χ1n) is 17.7. The van der Waals surface area contributed by atoms with E-state index in [2.05, 4.69) is 10.6 Å². The summed E-state index contributed by atoms with van der Waals surface area (Å²) in [4.78, 5) is 56.8. The number of imide groups is 1. The Balaban J connectivity index is 1.36. The van der Waals surface area contributed by atoms with Crippen LogP contribution in [-0.2, 0) is 30.4 Å². The number of alkyl halides is 1. The molecule has 3 atom stereocenters. The number of benzene rings is 2. The van der Waals surface area contributed by atoms with Crippen LogP contribution in [0.25, 0.3) is 11.3 Å². The van der Waals surface area contributed by atoms with Crippen molar-refractivity contribution in [1.29, 1.82) is 0 Å². The molecule has 54 heavy (non-hydrogen) atoms. The summed E-state index contributed by atoms with van der Waals surface area (Å²) < 4.78 is 57.2. The number of aromatic nitrogens is 2.